The molecule has 0 N–H and O–H groups in total. The third kappa shape index (κ3) is 3.01. The van der Waals surface area contributed by atoms with E-state index < -0.39 is 15.7 Å². The molecule has 1 aliphatic rings. The van der Waals surface area contributed by atoms with E-state index in [0.717, 1.165) is 5.56 Å². The zero-order valence-corrected chi connectivity index (χ0v) is 12.0. The lowest BCUT2D eigenvalue weighted by molar-refractivity contribution is 0.574. The predicted octanol–water partition coefficient (Wildman–Crippen LogP) is 3.35. The summed E-state index contributed by atoms with van der Waals surface area (Å²) in [6, 6.07) is 4.56. The summed E-state index contributed by atoms with van der Waals surface area (Å²) in [5, 5.41) is 0.0764. The molecule has 6 heteroatoms. The van der Waals surface area contributed by atoms with E-state index in [4.69, 9.17) is 11.6 Å². The van der Waals surface area contributed by atoms with Crippen LogP contribution in [-0.4, -0.2) is 19.9 Å². The zero-order valence-electron chi connectivity index (χ0n) is 8.87. The summed E-state index contributed by atoms with van der Waals surface area (Å²) >= 11 is 9.05. The summed E-state index contributed by atoms with van der Waals surface area (Å²) in [6.07, 6.45) is 0.614. The third-order valence-corrected chi connectivity index (χ3v) is 6.32. The molecular formula is C11H11BrClFO2S. The van der Waals surface area contributed by atoms with Crippen molar-refractivity contribution >= 4 is 37.4 Å². The van der Waals surface area contributed by atoms with Crippen molar-refractivity contribution in [2.75, 3.05) is 11.5 Å². The molecule has 0 amide bonds. The van der Waals surface area contributed by atoms with Gasteiger partial charge in [0.2, 0.25) is 0 Å². The normalized spacial score (nSPS) is 24.8. The molecule has 0 radical (unpaired) electrons. The first-order valence-corrected chi connectivity index (χ1v) is 8.30. The fourth-order valence-corrected chi connectivity index (χ4v) is 4.95. The van der Waals surface area contributed by atoms with Crippen molar-refractivity contribution in [3.05, 3.63) is 34.6 Å². The highest BCUT2D eigenvalue weighted by molar-refractivity contribution is 9.09. The van der Waals surface area contributed by atoms with Crippen LogP contribution in [0.2, 0.25) is 5.02 Å². The second-order valence-electron chi connectivity index (χ2n) is 4.24. The summed E-state index contributed by atoms with van der Waals surface area (Å²) in [5.41, 5.74) is 0.731. The Bertz CT molecular complexity index is 532. The number of halogens is 3. The van der Waals surface area contributed by atoms with E-state index in [1.165, 1.54) is 12.1 Å². The molecule has 1 aliphatic heterocycles. The highest BCUT2D eigenvalue weighted by atomic mass is 79.9. The Morgan fingerprint density at radius 3 is 2.71 bits per heavy atom. The Hall–Kier alpha value is -0.130. The molecule has 0 saturated carbocycles. The van der Waals surface area contributed by atoms with Gasteiger partial charge in [-0.2, -0.15) is 0 Å². The van der Waals surface area contributed by atoms with E-state index >= 15 is 0 Å². The summed E-state index contributed by atoms with van der Waals surface area (Å²) in [5.74, 6) is -0.0988. The van der Waals surface area contributed by atoms with Gasteiger partial charge in [-0.25, -0.2) is 12.8 Å². The van der Waals surface area contributed by atoms with E-state index in [1.807, 2.05) is 0 Å². The van der Waals surface area contributed by atoms with E-state index in [-0.39, 0.29) is 27.3 Å². The molecule has 1 heterocycles. The van der Waals surface area contributed by atoms with E-state index in [1.54, 1.807) is 6.07 Å². The van der Waals surface area contributed by atoms with Crippen molar-refractivity contribution in [2.45, 2.75) is 11.2 Å². The quantitative estimate of drug-likeness (QED) is 0.773. The van der Waals surface area contributed by atoms with E-state index in [2.05, 4.69) is 15.9 Å². The molecule has 17 heavy (non-hydrogen) atoms. The van der Waals surface area contributed by atoms with Gasteiger partial charge in [-0.05, 0) is 30.0 Å². The van der Waals surface area contributed by atoms with Crippen LogP contribution in [0.3, 0.4) is 0 Å². The van der Waals surface area contributed by atoms with Crippen LogP contribution < -0.4 is 0 Å². The van der Waals surface area contributed by atoms with E-state index in [9.17, 15) is 12.8 Å². The molecule has 2 atom stereocenters. The molecule has 2 nitrogen and oxygen atoms in total. The summed E-state index contributed by atoms with van der Waals surface area (Å²) < 4.78 is 36.1. The fourth-order valence-electron chi connectivity index (χ4n) is 2.01. The number of hydrogen-bond acceptors (Lipinski definition) is 2. The number of benzene rings is 1. The van der Waals surface area contributed by atoms with Crippen LogP contribution in [-0.2, 0) is 9.84 Å². The maximum atomic E-state index is 13.3. The Balaban J connectivity index is 2.20. The molecule has 1 aromatic carbocycles. The average Bonchev–Trinajstić information content (AvgIpc) is 2.62. The van der Waals surface area contributed by atoms with Gasteiger partial charge in [0.15, 0.2) is 9.84 Å². The van der Waals surface area contributed by atoms with Gasteiger partial charge in [0.05, 0.1) is 16.5 Å². The van der Waals surface area contributed by atoms with Crippen LogP contribution in [0.4, 0.5) is 4.39 Å². The highest BCUT2D eigenvalue weighted by Crippen LogP contribution is 2.38. The van der Waals surface area contributed by atoms with Crippen molar-refractivity contribution in [1.82, 2.24) is 0 Å². The molecule has 1 aromatic rings. The fraction of sp³-hybridized carbons (Fsp3) is 0.455. The second-order valence-corrected chi connectivity index (χ2v) is 7.86. The van der Waals surface area contributed by atoms with Crippen LogP contribution in [0.5, 0.6) is 0 Å². The second kappa shape index (κ2) is 4.86. The van der Waals surface area contributed by atoms with Crippen LogP contribution >= 0.6 is 27.5 Å². The van der Waals surface area contributed by atoms with Gasteiger partial charge in [-0.3, -0.25) is 0 Å². The van der Waals surface area contributed by atoms with Gasteiger partial charge >= 0.3 is 0 Å². The Morgan fingerprint density at radius 1 is 1.47 bits per heavy atom. The monoisotopic (exact) mass is 340 g/mol. The van der Waals surface area contributed by atoms with Gasteiger partial charge in [-0.1, -0.05) is 33.6 Å². The lowest BCUT2D eigenvalue weighted by atomic mass is 9.99. The molecule has 0 aliphatic carbocycles. The Labute approximate surface area is 113 Å². The lowest BCUT2D eigenvalue weighted by Gasteiger charge is -2.16. The average molecular weight is 342 g/mol. The summed E-state index contributed by atoms with van der Waals surface area (Å²) in [6.45, 7) is 0. The number of sulfone groups is 1. The van der Waals surface area contributed by atoms with Crippen LogP contribution in [0.1, 0.15) is 16.8 Å². The van der Waals surface area contributed by atoms with Gasteiger partial charge in [0.25, 0.3) is 0 Å². The Kier molecular flexibility index (Phi) is 3.80. The van der Waals surface area contributed by atoms with Gasteiger partial charge in [0, 0.05) is 4.83 Å². The molecule has 0 bridgehead atoms. The first-order valence-electron chi connectivity index (χ1n) is 5.18. The molecule has 0 spiro atoms. The third-order valence-electron chi connectivity index (χ3n) is 2.94. The topological polar surface area (TPSA) is 34.1 Å². The van der Waals surface area contributed by atoms with E-state index in [0.29, 0.717) is 6.42 Å². The molecule has 0 aromatic heterocycles. The Morgan fingerprint density at radius 2 is 2.18 bits per heavy atom. The molecule has 2 rings (SSSR count). The van der Waals surface area contributed by atoms with Crippen LogP contribution in [0, 0.1) is 11.7 Å². The molecule has 1 saturated heterocycles. The highest BCUT2D eigenvalue weighted by Gasteiger charge is 2.33. The molecule has 94 valence electrons. The molecular weight excluding hydrogens is 331 g/mol. The minimum atomic E-state index is -2.92. The van der Waals surface area contributed by atoms with Crippen molar-refractivity contribution in [3.63, 3.8) is 0 Å². The SMILES string of the molecule is O=S1(=O)CCC(C(Br)c2ccc(Cl)c(F)c2)C1. The maximum Gasteiger partial charge on any atom is 0.150 e. The number of rotatable bonds is 2. The van der Waals surface area contributed by atoms with Gasteiger partial charge in [-0.15, -0.1) is 0 Å². The number of hydrogen-bond donors (Lipinski definition) is 0. The van der Waals surface area contributed by atoms with Gasteiger partial charge in [0.1, 0.15) is 5.82 Å². The minimum Gasteiger partial charge on any atom is -0.229 e. The van der Waals surface area contributed by atoms with Crippen molar-refractivity contribution in [2.24, 2.45) is 5.92 Å². The first-order chi connectivity index (χ1) is 7.89. The first kappa shape index (κ1) is 13.3. The lowest BCUT2D eigenvalue weighted by Crippen LogP contribution is -2.10. The maximum absolute atomic E-state index is 13.3. The largest absolute Gasteiger partial charge is 0.229 e. The smallest absolute Gasteiger partial charge is 0.150 e. The number of alkyl halides is 1. The van der Waals surface area contributed by atoms with Crippen LogP contribution in [0.25, 0.3) is 0 Å². The minimum absolute atomic E-state index is 0.000533. The van der Waals surface area contributed by atoms with Crippen molar-refractivity contribution in [1.29, 1.82) is 0 Å². The molecule has 1 fully saturated rings. The van der Waals surface area contributed by atoms with Crippen molar-refractivity contribution < 1.29 is 12.8 Å². The summed E-state index contributed by atoms with van der Waals surface area (Å²) in [7, 11) is -2.92. The predicted molar refractivity (Wildman–Crippen MR) is 69.8 cm³/mol. The zero-order chi connectivity index (χ0) is 12.6. The summed E-state index contributed by atoms with van der Waals surface area (Å²) in [4.78, 5) is -0.147. The van der Waals surface area contributed by atoms with Crippen molar-refractivity contribution in [3.8, 4) is 0 Å². The molecule has 2 unspecified atom stereocenters. The van der Waals surface area contributed by atoms with Crippen LogP contribution in [0.15, 0.2) is 18.2 Å². The van der Waals surface area contributed by atoms with Gasteiger partial charge < -0.3 is 0 Å². The standard InChI is InChI=1S/C11H11BrClFO2S/c12-11(8-3-4-17(15,16)6-8)7-1-2-9(13)10(14)5-7/h1-2,5,8,11H,3-4,6H2.